The molecule has 1 aliphatic heterocycles. The molecule has 1 unspecified atom stereocenters. The van der Waals surface area contributed by atoms with Gasteiger partial charge in [-0.3, -0.25) is 19.5 Å². The van der Waals surface area contributed by atoms with Crippen LogP contribution in [0.5, 0.6) is 5.75 Å². The molecule has 3 atom stereocenters. The van der Waals surface area contributed by atoms with E-state index in [0.29, 0.717) is 11.3 Å². The molecule has 4 amide bonds. The third kappa shape index (κ3) is 8.77. The molecular weight excluding hydrogens is 634 g/mol. The first-order chi connectivity index (χ1) is 22.7. The molecular formula is C35H45N5O7S. The van der Waals surface area contributed by atoms with Crippen LogP contribution >= 0.6 is 0 Å². The Morgan fingerprint density at radius 2 is 1.69 bits per heavy atom. The number of aliphatic hydroxyl groups excluding tert-OH is 1. The summed E-state index contributed by atoms with van der Waals surface area (Å²) in [7, 11) is -4.11. The lowest BCUT2D eigenvalue weighted by Crippen LogP contribution is -2.57. The average Bonchev–Trinajstić information content (AvgIpc) is 3.30. The summed E-state index contributed by atoms with van der Waals surface area (Å²) in [6.07, 6.45) is 0.385. The quantitative estimate of drug-likeness (QED) is 0.206. The van der Waals surface area contributed by atoms with Gasteiger partial charge in [0, 0.05) is 19.3 Å². The van der Waals surface area contributed by atoms with E-state index in [1.807, 2.05) is 44.2 Å². The van der Waals surface area contributed by atoms with Crippen LogP contribution in [-0.4, -0.2) is 93.4 Å². The molecule has 0 saturated carbocycles. The van der Waals surface area contributed by atoms with Crippen LogP contribution in [-0.2, 0) is 32.6 Å². The van der Waals surface area contributed by atoms with E-state index in [0.717, 1.165) is 10.5 Å². The van der Waals surface area contributed by atoms with Crippen LogP contribution in [0, 0.1) is 18.8 Å². The van der Waals surface area contributed by atoms with E-state index < -0.39 is 52.0 Å². The molecule has 258 valence electrons. The second kappa shape index (κ2) is 15.7. The molecule has 3 aromatic rings. The zero-order valence-electron chi connectivity index (χ0n) is 28.0. The largest absolute Gasteiger partial charge is 0.508 e. The number of aliphatic hydroxyl groups is 1. The number of phenolic OH excluding ortho intramolecular Hbond substituents is 1. The van der Waals surface area contributed by atoms with Crippen molar-refractivity contribution in [2.75, 3.05) is 19.6 Å². The lowest BCUT2D eigenvalue weighted by Gasteiger charge is -2.34. The number of aryl methyl sites for hydroxylation is 1. The number of nitrogens with one attached hydrogen (secondary N) is 1. The summed E-state index contributed by atoms with van der Waals surface area (Å²) in [5.41, 5.74) is 1.72. The molecule has 3 N–H and O–H groups in total. The Morgan fingerprint density at radius 3 is 2.29 bits per heavy atom. The number of aromatic nitrogens is 1. The molecule has 2 aromatic carbocycles. The number of carbonyl (C=O) groups excluding carboxylic acids is 3. The first-order valence-corrected chi connectivity index (χ1v) is 17.5. The zero-order valence-corrected chi connectivity index (χ0v) is 28.8. The van der Waals surface area contributed by atoms with Gasteiger partial charge < -0.3 is 20.4 Å². The highest BCUT2D eigenvalue weighted by Crippen LogP contribution is 2.25. The fraction of sp³-hybridized carbons (Fsp3) is 0.429. The zero-order chi connectivity index (χ0) is 35.2. The van der Waals surface area contributed by atoms with Gasteiger partial charge in [0.1, 0.15) is 18.3 Å². The minimum absolute atomic E-state index is 0.0263. The monoisotopic (exact) mass is 679 g/mol. The van der Waals surface area contributed by atoms with Gasteiger partial charge in [0.2, 0.25) is 15.9 Å². The second-order valence-corrected chi connectivity index (χ2v) is 14.9. The highest BCUT2D eigenvalue weighted by Gasteiger charge is 2.44. The number of aromatic hydroxyl groups is 1. The Kier molecular flexibility index (Phi) is 11.9. The number of carbonyl (C=O) groups is 3. The molecule has 0 aliphatic carbocycles. The summed E-state index contributed by atoms with van der Waals surface area (Å²) < 4.78 is 28.9. The first kappa shape index (κ1) is 36.5. The van der Waals surface area contributed by atoms with Crippen LogP contribution in [0.3, 0.4) is 0 Å². The molecule has 0 radical (unpaired) electrons. The van der Waals surface area contributed by atoms with E-state index in [1.54, 1.807) is 45.2 Å². The van der Waals surface area contributed by atoms with Crippen LogP contribution in [0.15, 0.2) is 77.8 Å². The number of rotatable bonds is 15. The summed E-state index contributed by atoms with van der Waals surface area (Å²) in [5.74, 6) is -1.55. The third-order valence-corrected chi connectivity index (χ3v) is 10.0. The number of benzene rings is 2. The fourth-order valence-electron chi connectivity index (χ4n) is 5.76. The van der Waals surface area contributed by atoms with Crippen molar-refractivity contribution in [3.05, 3.63) is 89.7 Å². The smallest absolute Gasteiger partial charge is 0.328 e. The molecule has 1 saturated heterocycles. The lowest BCUT2D eigenvalue weighted by molar-refractivity contribution is -0.129. The van der Waals surface area contributed by atoms with Gasteiger partial charge >= 0.3 is 6.03 Å². The van der Waals surface area contributed by atoms with Crippen molar-refractivity contribution < 1.29 is 33.0 Å². The number of nitrogens with zero attached hydrogens (tertiary/aromatic N) is 4. The van der Waals surface area contributed by atoms with Crippen LogP contribution in [0.2, 0.25) is 0 Å². The van der Waals surface area contributed by atoms with Gasteiger partial charge in [-0.2, -0.15) is 4.31 Å². The number of sulfonamides is 1. The Balaban J connectivity index is 1.60. The number of hydrogen-bond donors (Lipinski definition) is 3. The van der Waals surface area contributed by atoms with Gasteiger partial charge in [-0.05, 0) is 66.6 Å². The number of amides is 4. The Bertz CT molecular complexity index is 1690. The van der Waals surface area contributed by atoms with Crippen molar-refractivity contribution in [1.82, 2.24) is 24.4 Å². The predicted octanol–water partition coefficient (Wildman–Crippen LogP) is 3.32. The maximum absolute atomic E-state index is 14.0. The first-order valence-electron chi connectivity index (χ1n) is 16.0. The number of hydrogen-bond acceptors (Lipinski definition) is 8. The van der Waals surface area contributed by atoms with Crippen molar-refractivity contribution in [3.63, 3.8) is 0 Å². The number of urea groups is 1. The van der Waals surface area contributed by atoms with E-state index in [-0.39, 0.29) is 49.2 Å². The topological polar surface area (TPSA) is 160 Å². The maximum atomic E-state index is 14.0. The van der Waals surface area contributed by atoms with Crippen molar-refractivity contribution in [2.24, 2.45) is 11.8 Å². The third-order valence-electron chi connectivity index (χ3n) is 8.22. The molecule has 1 fully saturated rings. The minimum Gasteiger partial charge on any atom is -0.508 e. The van der Waals surface area contributed by atoms with Gasteiger partial charge in [0.25, 0.3) is 5.91 Å². The lowest BCUT2D eigenvalue weighted by atomic mass is 9.97. The Labute approximate surface area is 282 Å². The molecule has 1 aromatic heterocycles. The van der Waals surface area contributed by atoms with Crippen molar-refractivity contribution >= 4 is 27.9 Å². The number of imide groups is 1. The highest BCUT2D eigenvalue weighted by molar-refractivity contribution is 7.89. The Hall–Kier alpha value is -4.33. The standard InChI is InChI=1S/C35H45N5O7S/c1-23(2)19-38(48(46,47)28-14-15-30(41)25(5)17-28)21-31(42)29(18-26-11-7-6-8-12-26)37-34(44)33(24(3)4)40-22-32(43)39(35(40)45)20-27-13-9-10-16-36-27/h6-17,23-24,29,31,33,41-42H,18-22H2,1-5H3,(H,37,44)/t29-,31+,33?/m0/s1. The Morgan fingerprint density at radius 1 is 1.00 bits per heavy atom. The van der Waals surface area contributed by atoms with Crippen LogP contribution < -0.4 is 5.32 Å². The van der Waals surface area contributed by atoms with E-state index in [4.69, 9.17) is 0 Å². The highest BCUT2D eigenvalue weighted by atomic mass is 32.2. The predicted molar refractivity (Wildman–Crippen MR) is 180 cm³/mol. The number of pyridine rings is 1. The van der Waals surface area contributed by atoms with Gasteiger partial charge in [-0.1, -0.05) is 64.1 Å². The van der Waals surface area contributed by atoms with Crippen molar-refractivity contribution in [1.29, 1.82) is 0 Å². The van der Waals surface area contributed by atoms with E-state index in [9.17, 15) is 33.0 Å². The molecule has 1 aliphatic rings. The molecule has 0 spiro atoms. The second-order valence-electron chi connectivity index (χ2n) is 12.9. The molecule has 12 nitrogen and oxygen atoms in total. The van der Waals surface area contributed by atoms with Gasteiger partial charge in [0.15, 0.2) is 0 Å². The number of phenols is 1. The molecule has 4 rings (SSSR count). The van der Waals surface area contributed by atoms with Crippen LogP contribution in [0.25, 0.3) is 0 Å². The van der Waals surface area contributed by atoms with Gasteiger partial charge in [-0.25, -0.2) is 13.2 Å². The van der Waals surface area contributed by atoms with Gasteiger partial charge in [-0.15, -0.1) is 0 Å². The molecule has 48 heavy (non-hydrogen) atoms. The summed E-state index contributed by atoms with van der Waals surface area (Å²) in [4.78, 5) is 47.0. The summed E-state index contributed by atoms with van der Waals surface area (Å²) in [5, 5.41) is 24.6. The summed E-state index contributed by atoms with van der Waals surface area (Å²) in [6, 6.07) is 15.8. The van der Waals surface area contributed by atoms with Crippen molar-refractivity contribution in [3.8, 4) is 5.75 Å². The van der Waals surface area contributed by atoms with Crippen LogP contribution in [0.4, 0.5) is 4.79 Å². The van der Waals surface area contributed by atoms with E-state index >= 15 is 0 Å². The average molecular weight is 680 g/mol. The van der Waals surface area contributed by atoms with Gasteiger partial charge in [0.05, 0.1) is 29.3 Å². The van der Waals surface area contributed by atoms with E-state index in [1.165, 1.54) is 27.4 Å². The normalized spacial score (nSPS) is 15.8. The summed E-state index contributed by atoms with van der Waals surface area (Å²) >= 11 is 0. The van der Waals surface area contributed by atoms with Crippen molar-refractivity contribution in [2.45, 2.75) is 70.7 Å². The minimum atomic E-state index is -4.11. The SMILES string of the molecule is Cc1cc(S(=O)(=O)N(CC(C)C)C[C@@H](O)[C@H](Cc2ccccc2)NC(=O)C(C(C)C)N2CC(=O)N(Cc3ccccn3)C2=O)ccc1O. The molecule has 0 bridgehead atoms. The molecule has 13 heteroatoms. The maximum Gasteiger partial charge on any atom is 0.328 e. The van der Waals surface area contributed by atoms with Crippen LogP contribution in [0.1, 0.15) is 44.5 Å². The molecule has 2 heterocycles. The fourth-order valence-corrected chi connectivity index (χ4v) is 7.47. The summed E-state index contributed by atoms with van der Waals surface area (Å²) in [6.45, 7) is 8.30. The van der Waals surface area contributed by atoms with E-state index in [2.05, 4.69) is 10.3 Å².